The molecule has 2 aliphatic rings. The SMILES string of the molecule is COc1ccc(-c2nnc(C3CCCN(C(=O)CC4CCCC4)C3)s2)cc1. The summed E-state index contributed by atoms with van der Waals surface area (Å²) in [5.74, 6) is 2.11. The fourth-order valence-corrected chi connectivity index (χ4v) is 5.22. The molecule has 0 N–H and O–H groups in total. The van der Waals surface area contributed by atoms with Crippen molar-refractivity contribution in [1.29, 1.82) is 0 Å². The maximum atomic E-state index is 12.7. The van der Waals surface area contributed by atoms with Gasteiger partial charge in [0, 0.05) is 31.0 Å². The standard InChI is InChI=1S/C21H27N3O2S/c1-26-18-10-8-16(9-11-18)20-22-23-21(27-20)17-7-4-12-24(14-17)19(25)13-15-5-2-3-6-15/h8-11,15,17H,2-7,12-14H2,1H3. The third-order valence-corrected chi connectivity index (χ3v) is 6.97. The monoisotopic (exact) mass is 385 g/mol. The van der Waals surface area contributed by atoms with Crippen LogP contribution in [0.5, 0.6) is 5.75 Å². The van der Waals surface area contributed by atoms with Gasteiger partial charge in [0.1, 0.15) is 15.8 Å². The summed E-state index contributed by atoms with van der Waals surface area (Å²) in [5.41, 5.74) is 1.06. The highest BCUT2D eigenvalue weighted by Crippen LogP contribution is 2.34. The lowest BCUT2D eigenvalue weighted by Crippen LogP contribution is -2.39. The summed E-state index contributed by atoms with van der Waals surface area (Å²) < 4.78 is 5.22. The van der Waals surface area contributed by atoms with E-state index < -0.39 is 0 Å². The second-order valence-electron chi connectivity index (χ2n) is 7.71. The summed E-state index contributed by atoms with van der Waals surface area (Å²) in [6.45, 7) is 1.69. The number of nitrogens with zero attached hydrogens (tertiary/aromatic N) is 3. The lowest BCUT2D eigenvalue weighted by Gasteiger charge is -2.32. The molecule has 0 radical (unpaired) electrons. The van der Waals surface area contributed by atoms with Gasteiger partial charge in [0.2, 0.25) is 5.91 Å². The van der Waals surface area contributed by atoms with Crippen LogP contribution in [0.2, 0.25) is 0 Å². The van der Waals surface area contributed by atoms with E-state index in [1.165, 1.54) is 25.7 Å². The molecule has 4 rings (SSSR count). The van der Waals surface area contributed by atoms with Gasteiger partial charge >= 0.3 is 0 Å². The van der Waals surface area contributed by atoms with Crippen molar-refractivity contribution < 1.29 is 9.53 Å². The molecule has 144 valence electrons. The third kappa shape index (κ3) is 4.32. The van der Waals surface area contributed by atoms with Gasteiger partial charge in [0.15, 0.2) is 0 Å². The molecule has 1 aliphatic heterocycles. The number of ether oxygens (including phenoxy) is 1. The zero-order chi connectivity index (χ0) is 18.6. The van der Waals surface area contributed by atoms with E-state index in [1.807, 2.05) is 24.3 Å². The summed E-state index contributed by atoms with van der Waals surface area (Å²) >= 11 is 1.65. The lowest BCUT2D eigenvalue weighted by molar-refractivity contribution is -0.133. The van der Waals surface area contributed by atoms with E-state index in [4.69, 9.17) is 4.74 Å². The zero-order valence-electron chi connectivity index (χ0n) is 15.9. The summed E-state index contributed by atoms with van der Waals surface area (Å²) in [6, 6.07) is 7.92. The van der Waals surface area contributed by atoms with Gasteiger partial charge in [-0.25, -0.2) is 0 Å². The van der Waals surface area contributed by atoms with Gasteiger partial charge in [-0.1, -0.05) is 24.2 Å². The van der Waals surface area contributed by atoms with Gasteiger partial charge in [-0.05, 0) is 55.9 Å². The maximum absolute atomic E-state index is 12.7. The Kier molecular flexibility index (Phi) is 5.72. The number of rotatable bonds is 5. The number of aromatic nitrogens is 2. The fraction of sp³-hybridized carbons (Fsp3) is 0.571. The first-order chi connectivity index (χ1) is 13.2. The van der Waals surface area contributed by atoms with Crippen LogP contribution in [0.1, 0.15) is 55.9 Å². The number of amides is 1. The van der Waals surface area contributed by atoms with E-state index >= 15 is 0 Å². The smallest absolute Gasteiger partial charge is 0.222 e. The molecule has 0 spiro atoms. The minimum atomic E-state index is 0.316. The van der Waals surface area contributed by atoms with Crippen molar-refractivity contribution in [2.75, 3.05) is 20.2 Å². The molecular formula is C21H27N3O2S. The molecule has 5 nitrogen and oxygen atoms in total. The summed E-state index contributed by atoms with van der Waals surface area (Å²) in [4.78, 5) is 14.8. The van der Waals surface area contributed by atoms with Gasteiger partial charge in [0.05, 0.1) is 7.11 Å². The Bertz CT molecular complexity index is 768. The number of carbonyl (C=O) groups is 1. The van der Waals surface area contributed by atoms with E-state index in [0.717, 1.165) is 53.7 Å². The molecule has 6 heteroatoms. The van der Waals surface area contributed by atoms with Crippen molar-refractivity contribution in [3.05, 3.63) is 29.3 Å². The molecule has 1 amide bonds. The molecule has 1 saturated carbocycles. The van der Waals surface area contributed by atoms with Crippen LogP contribution in [0.25, 0.3) is 10.6 Å². The quantitative estimate of drug-likeness (QED) is 0.760. The summed E-state index contributed by atoms with van der Waals surface area (Å²) in [7, 11) is 1.67. The topological polar surface area (TPSA) is 55.3 Å². The number of piperidine rings is 1. The van der Waals surface area contributed by atoms with Crippen LogP contribution in [0.15, 0.2) is 24.3 Å². The fourth-order valence-electron chi connectivity index (χ4n) is 4.25. The number of hydrogen-bond acceptors (Lipinski definition) is 5. The van der Waals surface area contributed by atoms with Gasteiger partial charge in [-0.2, -0.15) is 0 Å². The first kappa shape index (κ1) is 18.4. The van der Waals surface area contributed by atoms with Crippen LogP contribution in [-0.4, -0.2) is 41.2 Å². The first-order valence-corrected chi connectivity index (χ1v) is 10.8. The van der Waals surface area contributed by atoms with Crippen LogP contribution < -0.4 is 4.74 Å². The van der Waals surface area contributed by atoms with Gasteiger partial charge in [-0.3, -0.25) is 4.79 Å². The number of methoxy groups -OCH3 is 1. The number of benzene rings is 1. The normalized spacial score (nSPS) is 20.8. The molecule has 0 bridgehead atoms. The number of carbonyl (C=O) groups excluding carboxylic acids is 1. The molecule has 2 heterocycles. The highest BCUT2D eigenvalue weighted by molar-refractivity contribution is 7.14. The van der Waals surface area contributed by atoms with Crippen LogP contribution in [0.3, 0.4) is 0 Å². The highest BCUT2D eigenvalue weighted by atomic mass is 32.1. The lowest BCUT2D eigenvalue weighted by atomic mass is 9.97. The minimum absolute atomic E-state index is 0.316. The largest absolute Gasteiger partial charge is 0.497 e. The highest BCUT2D eigenvalue weighted by Gasteiger charge is 2.29. The summed E-state index contributed by atoms with van der Waals surface area (Å²) in [5, 5.41) is 10.8. The van der Waals surface area contributed by atoms with Gasteiger partial charge < -0.3 is 9.64 Å². The van der Waals surface area contributed by atoms with Crippen molar-refractivity contribution >= 4 is 17.2 Å². The van der Waals surface area contributed by atoms with E-state index in [1.54, 1.807) is 18.4 Å². The molecular weight excluding hydrogens is 358 g/mol. The second-order valence-corrected chi connectivity index (χ2v) is 8.72. The maximum Gasteiger partial charge on any atom is 0.222 e. The molecule has 2 aromatic rings. The van der Waals surface area contributed by atoms with Gasteiger partial charge in [-0.15, -0.1) is 10.2 Å². The third-order valence-electron chi connectivity index (χ3n) is 5.84. The Morgan fingerprint density at radius 2 is 1.93 bits per heavy atom. The second kappa shape index (κ2) is 8.38. The molecule has 1 aromatic heterocycles. The first-order valence-electron chi connectivity index (χ1n) is 9.98. The van der Waals surface area contributed by atoms with Crippen molar-refractivity contribution in [2.24, 2.45) is 5.92 Å². The average molecular weight is 386 g/mol. The van der Waals surface area contributed by atoms with Crippen molar-refractivity contribution in [2.45, 2.75) is 50.9 Å². The molecule has 1 atom stereocenters. The van der Waals surface area contributed by atoms with Crippen LogP contribution in [0.4, 0.5) is 0 Å². The van der Waals surface area contributed by atoms with Crippen molar-refractivity contribution in [1.82, 2.24) is 15.1 Å². The zero-order valence-corrected chi connectivity index (χ0v) is 16.7. The van der Waals surface area contributed by atoms with Crippen molar-refractivity contribution in [3.63, 3.8) is 0 Å². The van der Waals surface area contributed by atoms with Crippen LogP contribution >= 0.6 is 11.3 Å². The predicted octanol–water partition coefficient (Wildman–Crippen LogP) is 4.50. The molecule has 1 aliphatic carbocycles. The summed E-state index contributed by atoms with van der Waals surface area (Å²) in [6.07, 6.45) is 7.91. The van der Waals surface area contributed by atoms with E-state index in [-0.39, 0.29) is 0 Å². The van der Waals surface area contributed by atoms with E-state index in [0.29, 0.717) is 17.7 Å². The molecule has 1 saturated heterocycles. The number of likely N-dealkylation sites (tertiary alicyclic amines) is 1. The predicted molar refractivity (Wildman–Crippen MR) is 107 cm³/mol. The number of hydrogen-bond donors (Lipinski definition) is 0. The molecule has 2 fully saturated rings. The van der Waals surface area contributed by atoms with Crippen LogP contribution in [0, 0.1) is 5.92 Å². The van der Waals surface area contributed by atoms with E-state index in [2.05, 4.69) is 15.1 Å². The Balaban J connectivity index is 1.40. The van der Waals surface area contributed by atoms with E-state index in [9.17, 15) is 4.79 Å². The molecule has 27 heavy (non-hydrogen) atoms. The Morgan fingerprint density at radius 3 is 2.67 bits per heavy atom. The molecule has 1 unspecified atom stereocenters. The Morgan fingerprint density at radius 1 is 1.15 bits per heavy atom. The van der Waals surface area contributed by atoms with Crippen molar-refractivity contribution in [3.8, 4) is 16.3 Å². The van der Waals surface area contributed by atoms with Gasteiger partial charge in [0.25, 0.3) is 0 Å². The Labute approximate surface area is 164 Å². The Hall–Kier alpha value is -1.95. The van der Waals surface area contributed by atoms with Crippen LogP contribution in [-0.2, 0) is 4.79 Å². The molecule has 1 aromatic carbocycles. The average Bonchev–Trinajstić information content (AvgIpc) is 3.40. The minimum Gasteiger partial charge on any atom is -0.497 e.